The highest BCUT2D eigenvalue weighted by Crippen LogP contribution is 2.24. The highest BCUT2D eigenvalue weighted by atomic mass is 16.5. The molecule has 0 rings (SSSR count). The second kappa shape index (κ2) is 7.70. The summed E-state index contributed by atoms with van der Waals surface area (Å²) >= 11 is 0. The Morgan fingerprint density at radius 2 is 1.69 bits per heavy atom. The molecule has 96 valence electrons. The van der Waals surface area contributed by atoms with Crippen LogP contribution >= 0.6 is 0 Å². The van der Waals surface area contributed by atoms with Crippen LogP contribution in [0.5, 0.6) is 0 Å². The minimum Gasteiger partial charge on any atom is -0.465 e. The van der Waals surface area contributed by atoms with Gasteiger partial charge in [0.15, 0.2) is 0 Å². The van der Waals surface area contributed by atoms with Crippen LogP contribution in [-0.4, -0.2) is 12.6 Å². The molecule has 2 heteroatoms. The first kappa shape index (κ1) is 15.5. The summed E-state index contributed by atoms with van der Waals surface area (Å²) in [5.74, 6) is 1.55. The number of esters is 1. The van der Waals surface area contributed by atoms with Crippen molar-refractivity contribution in [1.29, 1.82) is 0 Å². The van der Waals surface area contributed by atoms with E-state index in [0.29, 0.717) is 24.4 Å². The second-order valence-corrected chi connectivity index (χ2v) is 5.38. The van der Waals surface area contributed by atoms with Crippen molar-refractivity contribution in [2.45, 2.75) is 54.4 Å². The smallest absolute Gasteiger partial charge is 0.308 e. The topological polar surface area (TPSA) is 26.3 Å². The summed E-state index contributed by atoms with van der Waals surface area (Å²) in [5, 5.41) is 0. The van der Waals surface area contributed by atoms with Crippen molar-refractivity contribution < 1.29 is 9.53 Å². The molecule has 3 unspecified atom stereocenters. The summed E-state index contributed by atoms with van der Waals surface area (Å²) in [7, 11) is 0. The van der Waals surface area contributed by atoms with Crippen LogP contribution < -0.4 is 0 Å². The van der Waals surface area contributed by atoms with Crippen molar-refractivity contribution in [2.75, 3.05) is 6.61 Å². The maximum absolute atomic E-state index is 11.8. The summed E-state index contributed by atoms with van der Waals surface area (Å²) in [6.45, 7) is 13.3. The molecule has 0 saturated carbocycles. The minimum atomic E-state index is -0.0338. The van der Waals surface area contributed by atoms with Crippen LogP contribution in [0.3, 0.4) is 0 Å². The van der Waals surface area contributed by atoms with Gasteiger partial charge in [0.1, 0.15) is 0 Å². The number of carbonyl (C=O) groups is 1. The average Bonchev–Trinajstić information content (AvgIpc) is 2.25. The Labute approximate surface area is 101 Å². The van der Waals surface area contributed by atoms with Crippen LogP contribution in [0.1, 0.15) is 54.4 Å². The Morgan fingerprint density at radius 1 is 1.12 bits per heavy atom. The normalized spacial score (nSPS) is 16.9. The van der Waals surface area contributed by atoms with Crippen LogP contribution in [-0.2, 0) is 9.53 Å². The monoisotopic (exact) mass is 228 g/mol. The molecule has 0 amide bonds. The van der Waals surface area contributed by atoms with E-state index in [2.05, 4.69) is 34.6 Å². The van der Waals surface area contributed by atoms with E-state index in [0.717, 1.165) is 12.8 Å². The van der Waals surface area contributed by atoms with E-state index in [-0.39, 0.29) is 11.9 Å². The zero-order valence-electron chi connectivity index (χ0n) is 11.7. The molecule has 0 saturated heterocycles. The first-order valence-electron chi connectivity index (χ1n) is 6.56. The summed E-state index contributed by atoms with van der Waals surface area (Å²) < 4.78 is 5.29. The predicted octanol–water partition coefficient (Wildman–Crippen LogP) is 3.89. The van der Waals surface area contributed by atoms with E-state index in [1.807, 2.05) is 6.92 Å². The van der Waals surface area contributed by atoms with Crippen molar-refractivity contribution in [3.8, 4) is 0 Å². The molecule has 0 bridgehead atoms. The summed E-state index contributed by atoms with van der Waals surface area (Å²) in [6, 6.07) is 0. The summed E-state index contributed by atoms with van der Waals surface area (Å²) in [4.78, 5) is 11.8. The van der Waals surface area contributed by atoms with E-state index in [4.69, 9.17) is 4.74 Å². The molecule has 0 fully saturated rings. The molecule has 0 aromatic rings. The largest absolute Gasteiger partial charge is 0.465 e. The average molecular weight is 228 g/mol. The fourth-order valence-electron chi connectivity index (χ4n) is 1.61. The van der Waals surface area contributed by atoms with Gasteiger partial charge in [0, 0.05) is 0 Å². The van der Waals surface area contributed by atoms with Gasteiger partial charge in [-0.3, -0.25) is 4.79 Å². The lowest BCUT2D eigenvalue weighted by Crippen LogP contribution is -2.26. The van der Waals surface area contributed by atoms with Crippen LogP contribution in [0.2, 0.25) is 0 Å². The number of rotatable bonds is 7. The quantitative estimate of drug-likeness (QED) is 0.618. The van der Waals surface area contributed by atoms with Gasteiger partial charge in [0.2, 0.25) is 0 Å². The van der Waals surface area contributed by atoms with Crippen molar-refractivity contribution >= 4 is 5.97 Å². The van der Waals surface area contributed by atoms with Gasteiger partial charge >= 0.3 is 5.97 Å². The van der Waals surface area contributed by atoms with E-state index < -0.39 is 0 Å². The summed E-state index contributed by atoms with van der Waals surface area (Å²) in [6.07, 6.45) is 2.07. The molecule has 3 atom stereocenters. The predicted molar refractivity (Wildman–Crippen MR) is 68.2 cm³/mol. The van der Waals surface area contributed by atoms with Gasteiger partial charge < -0.3 is 4.74 Å². The van der Waals surface area contributed by atoms with Gasteiger partial charge in [-0.25, -0.2) is 0 Å². The van der Waals surface area contributed by atoms with Crippen LogP contribution in [0.25, 0.3) is 0 Å². The highest BCUT2D eigenvalue weighted by Gasteiger charge is 2.25. The van der Waals surface area contributed by atoms with Crippen molar-refractivity contribution in [1.82, 2.24) is 0 Å². The Bertz CT molecular complexity index is 199. The fraction of sp³-hybridized carbons (Fsp3) is 0.929. The molecule has 0 N–H and O–H groups in total. The van der Waals surface area contributed by atoms with Gasteiger partial charge in [0.25, 0.3) is 0 Å². The van der Waals surface area contributed by atoms with Gasteiger partial charge in [-0.15, -0.1) is 0 Å². The zero-order chi connectivity index (χ0) is 12.7. The Kier molecular flexibility index (Phi) is 7.44. The van der Waals surface area contributed by atoms with Gasteiger partial charge in [-0.1, -0.05) is 48.0 Å². The first-order valence-corrected chi connectivity index (χ1v) is 6.56. The molecular formula is C14H28O2. The Hall–Kier alpha value is -0.530. The third-order valence-electron chi connectivity index (χ3n) is 3.64. The molecule has 16 heavy (non-hydrogen) atoms. The molecule has 0 aliphatic heterocycles. The number of hydrogen-bond donors (Lipinski definition) is 0. The summed E-state index contributed by atoms with van der Waals surface area (Å²) in [5.41, 5.74) is 0. The molecule has 0 aliphatic rings. The lowest BCUT2D eigenvalue weighted by Gasteiger charge is -2.23. The van der Waals surface area contributed by atoms with Gasteiger partial charge in [-0.2, -0.15) is 0 Å². The van der Waals surface area contributed by atoms with Crippen LogP contribution in [0.4, 0.5) is 0 Å². The van der Waals surface area contributed by atoms with E-state index in [1.54, 1.807) is 0 Å². The third-order valence-corrected chi connectivity index (χ3v) is 3.64. The molecule has 0 heterocycles. The lowest BCUT2D eigenvalue weighted by molar-refractivity contribution is -0.150. The third kappa shape index (κ3) is 5.53. The zero-order valence-corrected chi connectivity index (χ0v) is 11.7. The maximum Gasteiger partial charge on any atom is 0.308 e. The second-order valence-electron chi connectivity index (χ2n) is 5.38. The standard InChI is InChI=1S/C14H28O2/c1-7-11(4)12(5)13(6)14(15)16-9-8-10(2)3/h10-13H,7-9H2,1-6H3. The first-order chi connectivity index (χ1) is 7.40. The maximum atomic E-state index is 11.8. The van der Waals surface area contributed by atoms with E-state index in [1.165, 1.54) is 0 Å². The molecular weight excluding hydrogens is 200 g/mol. The van der Waals surface area contributed by atoms with Crippen molar-refractivity contribution in [3.05, 3.63) is 0 Å². The number of carbonyl (C=O) groups excluding carboxylic acids is 1. The molecule has 0 aromatic carbocycles. The minimum absolute atomic E-state index is 0.0158. The highest BCUT2D eigenvalue weighted by molar-refractivity contribution is 5.72. The molecule has 0 aromatic heterocycles. The molecule has 0 spiro atoms. The Morgan fingerprint density at radius 3 is 2.12 bits per heavy atom. The van der Waals surface area contributed by atoms with Gasteiger partial charge in [0.05, 0.1) is 12.5 Å². The molecule has 0 radical (unpaired) electrons. The van der Waals surface area contributed by atoms with Gasteiger partial charge in [-0.05, 0) is 24.2 Å². The number of hydrogen-bond acceptors (Lipinski definition) is 2. The molecule has 2 nitrogen and oxygen atoms in total. The van der Waals surface area contributed by atoms with Crippen LogP contribution in [0, 0.1) is 23.7 Å². The Balaban J connectivity index is 3.98. The van der Waals surface area contributed by atoms with Crippen LogP contribution in [0.15, 0.2) is 0 Å². The fourth-order valence-corrected chi connectivity index (χ4v) is 1.61. The van der Waals surface area contributed by atoms with Crippen molar-refractivity contribution in [2.24, 2.45) is 23.7 Å². The SMILES string of the molecule is CCC(C)C(C)C(C)C(=O)OCCC(C)C. The number of ether oxygens (including phenoxy) is 1. The lowest BCUT2D eigenvalue weighted by atomic mass is 9.84. The van der Waals surface area contributed by atoms with E-state index >= 15 is 0 Å². The molecule has 0 aliphatic carbocycles. The van der Waals surface area contributed by atoms with E-state index in [9.17, 15) is 4.79 Å². The van der Waals surface area contributed by atoms with Crippen molar-refractivity contribution in [3.63, 3.8) is 0 Å².